The summed E-state index contributed by atoms with van der Waals surface area (Å²) >= 11 is 0. The predicted molar refractivity (Wildman–Crippen MR) is 130 cm³/mol. The molecule has 2 aliphatic heterocycles. The van der Waals surface area contributed by atoms with Gasteiger partial charge in [0.2, 0.25) is 5.91 Å². The quantitative estimate of drug-likeness (QED) is 0.716. The third-order valence-corrected chi connectivity index (χ3v) is 7.52. The Balaban J connectivity index is 1.46. The maximum absolute atomic E-state index is 14.6. The van der Waals surface area contributed by atoms with Gasteiger partial charge in [-0.2, -0.15) is 0 Å². The van der Waals surface area contributed by atoms with Crippen LogP contribution in [0.15, 0.2) is 36.5 Å². The Kier molecular flexibility index (Phi) is 6.70. The average molecular weight is 469 g/mol. The van der Waals surface area contributed by atoms with Gasteiger partial charge in [0.25, 0.3) is 0 Å². The Bertz CT molecular complexity index is 1030. The summed E-state index contributed by atoms with van der Waals surface area (Å²) in [4.78, 5) is 22.3. The number of hydrogen-bond donors (Lipinski definition) is 1. The number of anilines is 4. The highest BCUT2D eigenvalue weighted by atomic mass is 19.1. The number of ether oxygens (including phenoxy) is 2. The van der Waals surface area contributed by atoms with Crippen LogP contribution in [0.4, 0.5) is 27.3 Å². The molecule has 2 aromatic rings. The Morgan fingerprint density at radius 1 is 1.12 bits per heavy atom. The third kappa shape index (κ3) is 4.49. The van der Waals surface area contributed by atoms with Crippen LogP contribution >= 0.6 is 0 Å². The van der Waals surface area contributed by atoms with Crippen molar-refractivity contribution in [1.29, 1.82) is 0 Å². The van der Waals surface area contributed by atoms with Gasteiger partial charge in [-0.3, -0.25) is 4.79 Å². The number of pyridine rings is 1. The zero-order chi connectivity index (χ0) is 23.7. The molecule has 2 atom stereocenters. The number of methoxy groups -OCH3 is 2. The molecule has 34 heavy (non-hydrogen) atoms. The molecule has 0 bridgehead atoms. The molecule has 1 aliphatic carbocycles. The molecule has 0 radical (unpaired) electrons. The molecule has 8 heteroatoms. The van der Waals surface area contributed by atoms with Gasteiger partial charge < -0.3 is 24.6 Å². The van der Waals surface area contributed by atoms with Gasteiger partial charge in [-0.15, -0.1) is 0 Å². The lowest BCUT2D eigenvalue weighted by atomic mass is 9.86. The van der Waals surface area contributed by atoms with E-state index in [1.165, 1.54) is 0 Å². The lowest BCUT2D eigenvalue weighted by Gasteiger charge is -2.36. The first-order valence-corrected chi connectivity index (χ1v) is 12.2. The predicted octanol–water partition coefficient (Wildman–Crippen LogP) is 4.44. The second kappa shape index (κ2) is 9.88. The normalized spacial score (nSPS) is 26.8. The van der Waals surface area contributed by atoms with Crippen molar-refractivity contribution in [3.8, 4) is 0 Å². The van der Waals surface area contributed by atoms with Crippen LogP contribution in [0.3, 0.4) is 0 Å². The van der Waals surface area contributed by atoms with Crippen molar-refractivity contribution >= 4 is 28.8 Å². The first-order valence-electron chi connectivity index (χ1n) is 12.2. The average Bonchev–Trinajstić information content (AvgIpc) is 3.04. The van der Waals surface area contributed by atoms with Crippen molar-refractivity contribution in [2.75, 3.05) is 42.4 Å². The molecule has 3 aliphatic rings. The molecule has 1 amide bonds. The Hall–Kier alpha value is -2.71. The standard InChI is InChI=1S/C26H33FN4O3/c1-33-20-8-5-17(6-9-20)26(32)31-15-18-4-3-12-28-25(18)29-22-10-7-19(14-23(22)31)30-13-11-24(34-2)21(27)16-30/h3-4,7,10,12,14,17,20-21,24H,5-6,8-9,11,13,15-16H2,1-2H3,(H,28,29). The fourth-order valence-corrected chi connectivity index (χ4v) is 5.45. The van der Waals surface area contributed by atoms with Gasteiger partial charge in [-0.05, 0) is 56.4 Å². The highest BCUT2D eigenvalue weighted by molar-refractivity contribution is 6.00. The summed E-state index contributed by atoms with van der Waals surface area (Å²) in [5.74, 6) is 0.862. The topological polar surface area (TPSA) is 66.9 Å². The van der Waals surface area contributed by atoms with Crippen molar-refractivity contribution in [2.24, 2.45) is 5.92 Å². The van der Waals surface area contributed by atoms with Crippen LogP contribution < -0.4 is 15.1 Å². The fraction of sp³-hybridized carbons (Fsp3) is 0.538. The van der Waals surface area contributed by atoms with Gasteiger partial charge in [-0.25, -0.2) is 9.37 Å². The molecule has 1 saturated heterocycles. The van der Waals surface area contributed by atoms with Crippen LogP contribution in [0.1, 0.15) is 37.7 Å². The van der Waals surface area contributed by atoms with E-state index in [0.29, 0.717) is 19.5 Å². The van der Waals surface area contributed by atoms with Gasteiger partial charge in [0, 0.05) is 44.1 Å². The fourth-order valence-electron chi connectivity index (χ4n) is 5.45. The van der Waals surface area contributed by atoms with E-state index in [2.05, 4.69) is 10.3 Å². The number of amides is 1. The Labute approximate surface area is 200 Å². The number of rotatable bonds is 4. The molecule has 2 fully saturated rings. The van der Waals surface area contributed by atoms with Crippen LogP contribution in [0.2, 0.25) is 0 Å². The smallest absolute Gasteiger partial charge is 0.230 e. The highest BCUT2D eigenvalue weighted by Crippen LogP contribution is 2.40. The Morgan fingerprint density at radius 2 is 1.94 bits per heavy atom. The van der Waals surface area contributed by atoms with E-state index in [-0.39, 0.29) is 30.6 Å². The number of carbonyl (C=O) groups is 1. The number of piperidine rings is 1. The lowest BCUT2D eigenvalue weighted by molar-refractivity contribution is -0.124. The number of hydrogen-bond acceptors (Lipinski definition) is 6. The first kappa shape index (κ1) is 23.1. The van der Waals surface area contributed by atoms with Crippen molar-refractivity contribution in [3.05, 3.63) is 42.1 Å². The summed E-state index contributed by atoms with van der Waals surface area (Å²) in [5.41, 5.74) is 3.55. The summed E-state index contributed by atoms with van der Waals surface area (Å²) in [6, 6.07) is 9.90. The number of carbonyl (C=O) groups excluding carboxylic acids is 1. The van der Waals surface area contributed by atoms with Crippen molar-refractivity contribution < 1.29 is 18.7 Å². The van der Waals surface area contributed by atoms with Gasteiger partial charge in [0.1, 0.15) is 12.0 Å². The van der Waals surface area contributed by atoms with E-state index in [9.17, 15) is 9.18 Å². The molecule has 1 saturated carbocycles. The minimum atomic E-state index is -1.04. The number of alkyl halides is 1. The minimum Gasteiger partial charge on any atom is -0.381 e. The van der Waals surface area contributed by atoms with Gasteiger partial charge in [-0.1, -0.05) is 6.07 Å². The molecular formula is C26H33FN4O3. The van der Waals surface area contributed by atoms with Crippen LogP contribution in [-0.2, 0) is 20.8 Å². The monoisotopic (exact) mass is 468 g/mol. The summed E-state index contributed by atoms with van der Waals surface area (Å²) in [6.45, 7) is 1.44. The lowest BCUT2D eigenvalue weighted by Crippen LogP contribution is -2.45. The molecule has 0 spiro atoms. The second-order valence-electron chi connectivity index (χ2n) is 9.50. The minimum absolute atomic E-state index is 0.0335. The molecule has 182 valence electrons. The summed E-state index contributed by atoms with van der Waals surface area (Å²) in [7, 11) is 3.31. The molecule has 1 aromatic carbocycles. The number of halogens is 1. The Morgan fingerprint density at radius 3 is 2.68 bits per heavy atom. The van der Waals surface area contributed by atoms with E-state index < -0.39 is 6.17 Å². The van der Waals surface area contributed by atoms with Crippen molar-refractivity contribution in [2.45, 2.75) is 57.0 Å². The van der Waals surface area contributed by atoms with Crippen LogP contribution in [-0.4, -0.2) is 56.6 Å². The number of nitrogens with one attached hydrogen (secondary N) is 1. The maximum atomic E-state index is 14.6. The number of fused-ring (bicyclic) bond motifs is 2. The van der Waals surface area contributed by atoms with Crippen LogP contribution in [0, 0.1) is 5.92 Å². The summed E-state index contributed by atoms with van der Waals surface area (Å²) in [5, 5.41) is 3.42. The van der Waals surface area contributed by atoms with Gasteiger partial charge >= 0.3 is 0 Å². The SMILES string of the molecule is COC1CCC(C(=O)N2Cc3cccnc3Nc3ccc(N4CCC(OC)C(F)C4)cc32)CC1. The number of benzene rings is 1. The molecule has 2 unspecified atom stereocenters. The first-order chi connectivity index (χ1) is 16.6. The van der Waals surface area contributed by atoms with Crippen LogP contribution in [0.5, 0.6) is 0 Å². The van der Waals surface area contributed by atoms with Gasteiger partial charge in [0.15, 0.2) is 0 Å². The third-order valence-electron chi connectivity index (χ3n) is 7.52. The molecule has 3 heterocycles. The molecular weight excluding hydrogens is 435 g/mol. The largest absolute Gasteiger partial charge is 0.381 e. The van der Waals surface area contributed by atoms with E-state index >= 15 is 0 Å². The number of aromatic nitrogens is 1. The molecule has 5 rings (SSSR count). The second-order valence-corrected chi connectivity index (χ2v) is 9.50. The molecule has 1 N–H and O–H groups in total. The van der Waals surface area contributed by atoms with E-state index in [1.54, 1.807) is 20.4 Å². The summed E-state index contributed by atoms with van der Waals surface area (Å²) < 4.78 is 25.4. The van der Waals surface area contributed by atoms with Crippen molar-refractivity contribution in [3.63, 3.8) is 0 Å². The zero-order valence-corrected chi connectivity index (χ0v) is 19.9. The molecule has 7 nitrogen and oxygen atoms in total. The van der Waals surface area contributed by atoms with E-state index in [4.69, 9.17) is 9.47 Å². The van der Waals surface area contributed by atoms with E-state index in [0.717, 1.165) is 54.1 Å². The maximum Gasteiger partial charge on any atom is 0.230 e. The van der Waals surface area contributed by atoms with Crippen molar-refractivity contribution in [1.82, 2.24) is 4.98 Å². The summed E-state index contributed by atoms with van der Waals surface area (Å²) in [6.07, 6.45) is 4.67. The number of nitrogens with zero attached hydrogens (tertiary/aromatic N) is 3. The highest BCUT2D eigenvalue weighted by Gasteiger charge is 2.34. The van der Waals surface area contributed by atoms with Gasteiger partial charge in [0.05, 0.1) is 36.7 Å². The van der Waals surface area contributed by atoms with Crippen LogP contribution in [0.25, 0.3) is 0 Å². The zero-order valence-electron chi connectivity index (χ0n) is 19.9. The van der Waals surface area contributed by atoms with E-state index in [1.807, 2.05) is 40.1 Å². The molecule has 1 aromatic heterocycles.